The van der Waals surface area contributed by atoms with E-state index in [0.29, 0.717) is 12.1 Å². The normalized spacial score (nSPS) is 10.9. The highest BCUT2D eigenvalue weighted by molar-refractivity contribution is 5.90. The molecule has 2 aromatic heterocycles. The van der Waals surface area contributed by atoms with Crippen molar-refractivity contribution < 1.29 is 18.7 Å². The van der Waals surface area contributed by atoms with Crippen LogP contribution in [0.3, 0.4) is 0 Å². The maximum absolute atomic E-state index is 11.8. The van der Waals surface area contributed by atoms with Gasteiger partial charge < -0.3 is 18.5 Å². The fourth-order valence-electron chi connectivity index (χ4n) is 3.27. The lowest BCUT2D eigenvalue weighted by atomic mass is 10.1. The molecule has 0 bridgehead atoms. The minimum absolute atomic E-state index is 0.342. The van der Waals surface area contributed by atoms with Gasteiger partial charge in [0.15, 0.2) is 0 Å². The molecular formula is C22H19NO4. The van der Waals surface area contributed by atoms with E-state index in [0.717, 1.165) is 33.7 Å². The summed E-state index contributed by atoms with van der Waals surface area (Å²) in [6, 6.07) is 19.3. The van der Waals surface area contributed by atoms with Gasteiger partial charge in [0.1, 0.15) is 11.5 Å². The predicted octanol–water partition coefficient (Wildman–Crippen LogP) is 4.74. The van der Waals surface area contributed by atoms with Gasteiger partial charge in [-0.25, -0.2) is 4.79 Å². The minimum atomic E-state index is -0.342. The van der Waals surface area contributed by atoms with E-state index in [2.05, 4.69) is 10.6 Å². The van der Waals surface area contributed by atoms with Crippen molar-refractivity contribution in [2.45, 2.75) is 6.54 Å². The number of hydrogen-bond acceptors (Lipinski definition) is 4. The van der Waals surface area contributed by atoms with Crippen molar-refractivity contribution in [1.82, 2.24) is 4.57 Å². The van der Waals surface area contributed by atoms with Gasteiger partial charge >= 0.3 is 5.97 Å². The van der Waals surface area contributed by atoms with Crippen LogP contribution in [0, 0.1) is 0 Å². The Bertz CT molecular complexity index is 1090. The number of rotatable bonds is 5. The van der Waals surface area contributed by atoms with Crippen LogP contribution in [0.1, 0.15) is 15.9 Å². The summed E-state index contributed by atoms with van der Waals surface area (Å²) in [7, 11) is 3.04. The van der Waals surface area contributed by atoms with Gasteiger partial charge in [0, 0.05) is 17.4 Å². The third kappa shape index (κ3) is 3.19. The molecule has 0 saturated heterocycles. The Labute approximate surface area is 156 Å². The van der Waals surface area contributed by atoms with Crippen molar-refractivity contribution in [1.29, 1.82) is 0 Å². The van der Waals surface area contributed by atoms with Crippen molar-refractivity contribution in [3.63, 3.8) is 0 Å². The number of aromatic nitrogens is 1. The molecule has 0 saturated carbocycles. The summed E-state index contributed by atoms with van der Waals surface area (Å²) in [5.74, 6) is 1.25. The highest BCUT2D eigenvalue weighted by atomic mass is 16.5. The Hall–Kier alpha value is -3.47. The third-order valence-corrected chi connectivity index (χ3v) is 4.57. The van der Waals surface area contributed by atoms with E-state index in [1.165, 1.54) is 7.11 Å². The Morgan fingerprint density at radius 1 is 1.04 bits per heavy atom. The highest BCUT2D eigenvalue weighted by Gasteiger charge is 2.15. The second-order valence-electron chi connectivity index (χ2n) is 6.21. The van der Waals surface area contributed by atoms with Crippen molar-refractivity contribution in [2.75, 3.05) is 14.2 Å². The lowest BCUT2D eigenvalue weighted by molar-refractivity contribution is 0.0600. The standard InChI is InChI=1S/C22H19NO4/c1-25-18-8-9-19-17(12-18)13-20(21-7-4-10-27-21)23(19)14-15-5-3-6-16(11-15)22(24)26-2/h3-13H,14H2,1-2H3. The van der Waals surface area contributed by atoms with Gasteiger partial charge in [-0.15, -0.1) is 0 Å². The lowest BCUT2D eigenvalue weighted by Gasteiger charge is -2.11. The second-order valence-corrected chi connectivity index (χ2v) is 6.21. The molecule has 4 aromatic rings. The molecule has 27 heavy (non-hydrogen) atoms. The van der Waals surface area contributed by atoms with Crippen LogP contribution in [0.4, 0.5) is 0 Å². The fourth-order valence-corrected chi connectivity index (χ4v) is 3.27. The number of nitrogens with zero attached hydrogens (tertiary/aromatic N) is 1. The van der Waals surface area contributed by atoms with E-state index in [4.69, 9.17) is 13.9 Å². The zero-order valence-corrected chi connectivity index (χ0v) is 15.1. The molecule has 5 nitrogen and oxygen atoms in total. The highest BCUT2D eigenvalue weighted by Crippen LogP contribution is 2.31. The van der Waals surface area contributed by atoms with Crippen LogP contribution in [-0.4, -0.2) is 24.8 Å². The molecule has 0 atom stereocenters. The van der Waals surface area contributed by atoms with Crippen LogP contribution >= 0.6 is 0 Å². The van der Waals surface area contributed by atoms with E-state index in [1.54, 1.807) is 19.4 Å². The molecule has 0 aliphatic rings. The van der Waals surface area contributed by atoms with E-state index in [1.807, 2.05) is 48.5 Å². The quantitative estimate of drug-likeness (QED) is 0.482. The van der Waals surface area contributed by atoms with E-state index in [9.17, 15) is 4.79 Å². The van der Waals surface area contributed by atoms with Crippen molar-refractivity contribution in [2.24, 2.45) is 0 Å². The maximum atomic E-state index is 11.8. The number of fused-ring (bicyclic) bond motifs is 1. The molecule has 0 aliphatic heterocycles. The topological polar surface area (TPSA) is 53.6 Å². The van der Waals surface area contributed by atoms with E-state index < -0.39 is 0 Å². The molecule has 2 aromatic carbocycles. The number of benzene rings is 2. The lowest BCUT2D eigenvalue weighted by Crippen LogP contribution is -2.05. The van der Waals surface area contributed by atoms with Gasteiger partial charge in [-0.05, 0) is 54.1 Å². The summed E-state index contributed by atoms with van der Waals surface area (Å²) >= 11 is 0. The Balaban J connectivity index is 1.82. The van der Waals surface area contributed by atoms with Gasteiger partial charge in [-0.2, -0.15) is 0 Å². The van der Waals surface area contributed by atoms with Crippen LogP contribution < -0.4 is 4.74 Å². The first kappa shape index (κ1) is 17.0. The van der Waals surface area contributed by atoms with Crippen molar-refractivity contribution in [3.8, 4) is 17.2 Å². The zero-order valence-electron chi connectivity index (χ0n) is 15.1. The number of esters is 1. The number of carbonyl (C=O) groups is 1. The summed E-state index contributed by atoms with van der Waals surface area (Å²) in [5, 5.41) is 1.06. The molecular weight excluding hydrogens is 342 g/mol. The minimum Gasteiger partial charge on any atom is -0.497 e. The first-order valence-electron chi connectivity index (χ1n) is 8.58. The number of ether oxygens (including phenoxy) is 2. The number of hydrogen-bond donors (Lipinski definition) is 0. The van der Waals surface area contributed by atoms with Crippen LogP contribution in [0.5, 0.6) is 5.75 Å². The van der Waals surface area contributed by atoms with E-state index >= 15 is 0 Å². The second kappa shape index (κ2) is 7.03. The molecule has 0 radical (unpaired) electrons. The van der Waals surface area contributed by atoms with Crippen LogP contribution in [0.2, 0.25) is 0 Å². The first-order chi connectivity index (χ1) is 13.2. The summed E-state index contributed by atoms with van der Waals surface area (Å²) in [6.07, 6.45) is 1.66. The third-order valence-electron chi connectivity index (χ3n) is 4.57. The molecule has 5 heteroatoms. The van der Waals surface area contributed by atoms with E-state index in [-0.39, 0.29) is 5.97 Å². The molecule has 0 amide bonds. The van der Waals surface area contributed by atoms with Crippen molar-refractivity contribution in [3.05, 3.63) is 78.1 Å². The summed E-state index contributed by atoms with van der Waals surface area (Å²) in [4.78, 5) is 11.8. The van der Waals surface area contributed by atoms with Gasteiger partial charge in [0.2, 0.25) is 0 Å². The average Bonchev–Trinajstić information content (AvgIpc) is 3.35. The van der Waals surface area contributed by atoms with Gasteiger partial charge in [-0.1, -0.05) is 12.1 Å². The largest absolute Gasteiger partial charge is 0.497 e. The summed E-state index contributed by atoms with van der Waals surface area (Å²) in [6.45, 7) is 0.594. The number of carbonyl (C=O) groups excluding carboxylic acids is 1. The first-order valence-corrected chi connectivity index (χ1v) is 8.58. The zero-order chi connectivity index (χ0) is 18.8. The molecule has 0 fully saturated rings. The molecule has 0 spiro atoms. The monoisotopic (exact) mass is 361 g/mol. The molecule has 136 valence electrons. The van der Waals surface area contributed by atoms with Gasteiger partial charge in [0.05, 0.1) is 31.7 Å². The number of methoxy groups -OCH3 is 2. The summed E-state index contributed by atoms with van der Waals surface area (Å²) < 4.78 is 18.0. The summed E-state index contributed by atoms with van der Waals surface area (Å²) in [5.41, 5.74) is 3.56. The fraction of sp³-hybridized carbons (Fsp3) is 0.136. The van der Waals surface area contributed by atoms with Crippen LogP contribution in [-0.2, 0) is 11.3 Å². The molecule has 0 unspecified atom stereocenters. The Kier molecular flexibility index (Phi) is 4.42. The van der Waals surface area contributed by atoms with Gasteiger partial charge in [0.25, 0.3) is 0 Å². The SMILES string of the molecule is COC(=O)c1cccc(Cn2c(-c3ccco3)cc3cc(OC)ccc32)c1. The van der Waals surface area contributed by atoms with Gasteiger partial charge in [-0.3, -0.25) is 0 Å². The van der Waals surface area contributed by atoms with Crippen LogP contribution in [0.25, 0.3) is 22.4 Å². The molecule has 4 rings (SSSR count). The van der Waals surface area contributed by atoms with Crippen molar-refractivity contribution >= 4 is 16.9 Å². The van der Waals surface area contributed by atoms with Crippen LogP contribution in [0.15, 0.2) is 71.3 Å². The predicted molar refractivity (Wildman–Crippen MR) is 103 cm³/mol. The Morgan fingerprint density at radius 2 is 1.93 bits per heavy atom. The smallest absolute Gasteiger partial charge is 0.337 e. The molecule has 0 aliphatic carbocycles. The maximum Gasteiger partial charge on any atom is 0.337 e. The Morgan fingerprint density at radius 3 is 2.67 bits per heavy atom. The molecule has 0 N–H and O–H groups in total. The number of furan rings is 1. The average molecular weight is 361 g/mol. The molecule has 2 heterocycles.